The molecule has 8 nitrogen and oxygen atoms in total. The highest BCUT2D eigenvalue weighted by Gasteiger charge is 2.32. The van der Waals surface area contributed by atoms with E-state index in [1.807, 2.05) is 0 Å². The lowest BCUT2D eigenvalue weighted by Crippen LogP contribution is -2.42. The van der Waals surface area contributed by atoms with Gasteiger partial charge in [0.2, 0.25) is 5.91 Å². The van der Waals surface area contributed by atoms with Crippen molar-refractivity contribution in [1.29, 1.82) is 0 Å². The molecule has 0 bridgehead atoms. The van der Waals surface area contributed by atoms with E-state index in [1.165, 1.54) is 17.2 Å². The molecule has 11 heteroatoms. The Bertz CT molecular complexity index is 916. The van der Waals surface area contributed by atoms with E-state index in [1.54, 1.807) is 39.1 Å². The summed E-state index contributed by atoms with van der Waals surface area (Å²) in [5.41, 5.74) is -0.962. The average molecular weight is 468 g/mol. The van der Waals surface area contributed by atoms with E-state index in [2.05, 4.69) is 15.3 Å². The van der Waals surface area contributed by atoms with Crippen LogP contribution < -0.4 is 5.32 Å². The van der Waals surface area contributed by atoms with E-state index < -0.39 is 35.6 Å². The molecule has 0 aliphatic rings. The third-order valence-corrected chi connectivity index (χ3v) is 4.34. The van der Waals surface area contributed by atoms with Crippen LogP contribution in [0.1, 0.15) is 43.7 Å². The zero-order valence-corrected chi connectivity index (χ0v) is 18.6. The number of aliphatic hydroxyl groups excluding tert-OH is 1. The number of carbonyl (C=O) groups is 2. The van der Waals surface area contributed by atoms with E-state index in [9.17, 15) is 27.9 Å². The first-order valence-electron chi connectivity index (χ1n) is 10.2. The fourth-order valence-corrected chi connectivity index (χ4v) is 2.80. The molecule has 2 rings (SSSR count). The summed E-state index contributed by atoms with van der Waals surface area (Å²) in [5, 5.41) is 13.0. The number of rotatable bonds is 8. The van der Waals surface area contributed by atoms with Gasteiger partial charge in [-0.2, -0.15) is 13.2 Å². The summed E-state index contributed by atoms with van der Waals surface area (Å²) in [6, 6.07) is 5.28. The molecule has 0 saturated carbocycles. The molecule has 0 fully saturated rings. The predicted molar refractivity (Wildman–Crippen MR) is 113 cm³/mol. The maximum absolute atomic E-state index is 12.9. The van der Waals surface area contributed by atoms with Crippen molar-refractivity contribution >= 4 is 12.0 Å². The highest BCUT2D eigenvalue weighted by molar-refractivity contribution is 5.79. The van der Waals surface area contributed by atoms with E-state index in [0.29, 0.717) is 5.56 Å². The highest BCUT2D eigenvalue weighted by Crippen LogP contribution is 2.27. The first-order chi connectivity index (χ1) is 15.3. The number of carbonyl (C=O) groups excluding carboxylic acids is 2. The van der Waals surface area contributed by atoms with Gasteiger partial charge < -0.3 is 20.1 Å². The second-order valence-electron chi connectivity index (χ2n) is 8.30. The lowest BCUT2D eigenvalue weighted by molar-refractivity contribution is -0.141. The maximum Gasteiger partial charge on any atom is 0.433 e. The number of alkyl carbamates (subject to hydrolysis) is 1. The molecule has 33 heavy (non-hydrogen) atoms. The minimum atomic E-state index is -4.57. The van der Waals surface area contributed by atoms with Gasteiger partial charge in [-0.1, -0.05) is 12.1 Å². The third-order valence-electron chi connectivity index (χ3n) is 4.34. The molecule has 2 aromatic heterocycles. The number of hydrogen-bond acceptors (Lipinski definition) is 6. The molecule has 0 aromatic carbocycles. The van der Waals surface area contributed by atoms with E-state index in [4.69, 9.17) is 4.74 Å². The van der Waals surface area contributed by atoms with Gasteiger partial charge in [-0.3, -0.25) is 14.8 Å². The molecule has 2 aromatic rings. The molecular weight excluding hydrogens is 441 g/mol. The number of alkyl halides is 3. The molecule has 2 amide bonds. The molecular formula is C22H27F3N4O4. The van der Waals surface area contributed by atoms with Crippen molar-refractivity contribution in [1.82, 2.24) is 20.2 Å². The van der Waals surface area contributed by atoms with Gasteiger partial charge in [0, 0.05) is 37.2 Å². The molecule has 1 unspecified atom stereocenters. The van der Waals surface area contributed by atoms with Crippen molar-refractivity contribution in [3.63, 3.8) is 0 Å². The Morgan fingerprint density at radius 1 is 1.18 bits per heavy atom. The summed E-state index contributed by atoms with van der Waals surface area (Å²) in [7, 11) is 0. The summed E-state index contributed by atoms with van der Waals surface area (Å²) < 4.78 is 43.3. The first-order valence-corrected chi connectivity index (χ1v) is 10.2. The van der Waals surface area contributed by atoms with Gasteiger partial charge in [-0.05, 0) is 38.5 Å². The Labute approximate surface area is 189 Å². The molecule has 2 heterocycles. The number of ether oxygens (including phenoxy) is 1. The maximum atomic E-state index is 12.9. The van der Waals surface area contributed by atoms with Gasteiger partial charge in [0.15, 0.2) is 0 Å². The summed E-state index contributed by atoms with van der Waals surface area (Å²) in [6.07, 6.45) is -2.50. The van der Waals surface area contributed by atoms with Crippen LogP contribution in [0.3, 0.4) is 0 Å². The van der Waals surface area contributed by atoms with Gasteiger partial charge in [-0.25, -0.2) is 4.79 Å². The second kappa shape index (κ2) is 11.1. The Hall–Kier alpha value is -3.21. The van der Waals surface area contributed by atoms with E-state index in [-0.39, 0.29) is 31.6 Å². The number of halogens is 3. The molecule has 1 atom stereocenters. The third kappa shape index (κ3) is 9.05. The number of nitrogens with one attached hydrogen (secondary N) is 1. The SMILES string of the molecule is CC(C)(C)OC(=O)NCCN(CC(O)c1cccnc1)C(=O)Cc1ccc(C(F)(F)F)nc1. The number of amides is 2. The zero-order chi connectivity index (χ0) is 24.6. The summed E-state index contributed by atoms with van der Waals surface area (Å²) >= 11 is 0. The molecule has 0 aliphatic heterocycles. The Kier molecular flexibility index (Phi) is 8.75. The van der Waals surface area contributed by atoms with Crippen LogP contribution in [-0.2, 0) is 22.1 Å². The Balaban J connectivity index is 2.06. The number of nitrogens with zero attached hydrogens (tertiary/aromatic N) is 3. The first kappa shape index (κ1) is 26.0. The van der Waals surface area contributed by atoms with Crippen molar-refractivity contribution < 1.29 is 32.6 Å². The van der Waals surface area contributed by atoms with Crippen LogP contribution in [-0.4, -0.2) is 57.2 Å². The largest absolute Gasteiger partial charge is 0.444 e. The molecule has 0 aliphatic carbocycles. The Morgan fingerprint density at radius 3 is 2.45 bits per heavy atom. The quantitative estimate of drug-likeness (QED) is 0.617. The second-order valence-corrected chi connectivity index (χ2v) is 8.30. The minimum Gasteiger partial charge on any atom is -0.444 e. The standard InChI is InChI=1S/C22H27F3N4O4/c1-21(2,3)33-20(32)27-9-10-29(14-17(30)16-5-4-8-26-13-16)19(31)11-15-6-7-18(28-12-15)22(23,24)25/h4-8,12-13,17,30H,9-11,14H2,1-3H3,(H,27,32). The van der Waals surface area contributed by atoms with Gasteiger partial charge in [-0.15, -0.1) is 0 Å². The average Bonchev–Trinajstić information content (AvgIpc) is 2.72. The normalized spacial score (nSPS) is 12.7. The van der Waals surface area contributed by atoms with Gasteiger partial charge >= 0.3 is 12.3 Å². The number of hydrogen-bond donors (Lipinski definition) is 2. The minimum absolute atomic E-state index is 0.0451. The van der Waals surface area contributed by atoms with Crippen molar-refractivity contribution in [3.8, 4) is 0 Å². The van der Waals surface area contributed by atoms with Crippen LogP contribution in [0, 0.1) is 0 Å². The lowest BCUT2D eigenvalue weighted by atomic mass is 10.1. The van der Waals surface area contributed by atoms with Gasteiger partial charge in [0.1, 0.15) is 11.3 Å². The fourth-order valence-electron chi connectivity index (χ4n) is 2.80. The van der Waals surface area contributed by atoms with Gasteiger partial charge in [0.25, 0.3) is 0 Å². The molecule has 0 spiro atoms. The summed E-state index contributed by atoms with van der Waals surface area (Å²) in [6.45, 7) is 5.13. The number of aromatic nitrogens is 2. The van der Waals surface area contributed by atoms with E-state index in [0.717, 1.165) is 12.3 Å². The van der Waals surface area contributed by atoms with E-state index >= 15 is 0 Å². The van der Waals surface area contributed by atoms with Crippen LogP contribution in [0.2, 0.25) is 0 Å². The van der Waals surface area contributed by atoms with Crippen LogP contribution in [0.5, 0.6) is 0 Å². The van der Waals surface area contributed by atoms with Crippen molar-refractivity contribution in [2.45, 2.75) is 45.1 Å². The smallest absolute Gasteiger partial charge is 0.433 e. The summed E-state index contributed by atoms with van der Waals surface area (Å²) in [4.78, 5) is 33.3. The topological polar surface area (TPSA) is 105 Å². The Morgan fingerprint density at radius 2 is 1.91 bits per heavy atom. The summed E-state index contributed by atoms with van der Waals surface area (Å²) in [5.74, 6) is -0.453. The predicted octanol–water partition coefficient (Wildman–Crippen LogP) is 3.12. The zero-order valence-electron chi connectivity index (χ0n) is 18.6. The highest BCUT2D eigenvalue weighted by atomic mass is 19.4. The molecule has 2 N–H and O–H groups in total. The van der Waals surface area contributed by atoms with Crippen molar-refractivity contribution in [2.75, 3.05) is 19.6 Å². The van der Waals surface area contributed by atoms with Crippen LogP contribution >= 0.6 is 0 Å². The number of pyridine rings is 2. The molecule has 180 valence electrons. The van der Waals surface area contributed by atoms with Crippen LogP contribution in [0.4, 0.5) is 18.0 Å². The van der Waals surface area contributed by atoms with Crippen molar-refractivity contribution in [3.05, 3.63) is 59.7 Å². The van der Waals surface area contributed by atoms with Crippen LogP contribution in [0.25, 0.3) is 0 Å². The van der Waals surface area contributed by atoms with Crippen LogP contribution in [0.15, 0.2) is 42.9 Å². The monoisotopic (exact) mass is 468 g/mol. The van der Waals surface area contributed by atoms with Gasteiger partial charge in [0.05, 0.1) is 19.1 Å². The van der Waals surface area contributed by atoms with Crippen molar-refractivity contribution in [2.24, 2.45) is 0 Å². The molecule has 0 saturated heterocycles. The molecule has 0 radical (unpaired) electrons. The lowest BCUT2D eigenvalue weighted by Gasteiger charge is -2.26. The fraction of sp³-hybridized carbons (Fsp3) is 0.455. The number of aliphatic hydroxyl groups is 1.